The standard InChI is InChI=1S/C15H30N2O2/c1-10(2)17(11(3)4)9-13-7-8-14(16-13)15(18)19-12(5)6/h10-14,16H,7-9H2,1-6H3. The first kappa shape index (κ1) is 16.4. The van der Waals surface area contributed by atoms with Gasteiger partial charge < -0.3 is 10.1 Å². The predicted octanol–water partition coefficient (Wildman–Crippen LogP) is 2.18. The van der Waals surface area contributed by atoms with Crippen molar-refractivity contribution in [1.29, 1.82) is 0 Å². The second kappa shape index (κ2) is 7.25. The molecule has 1 aliphatic rings. The smallest absolute Gasteiger partial charge is 0.323 e. The molecule has 0 saturated carbocycles. The van der Waals surface area contributed by atoms with E-state index < -0.39 is 0 Å². The highest BCUT2D eigenvalue weighted by atomic mass is 16.5. The molecule has 0 amide bonds. The van der Waals surface area contributed by atoms with Crippen LogP contribution < -0.4 is 5.32 Å². The van der Waals surface area contributed by atoms with Crippen molar-refractivity contribution in [3.63, 3.8) is 0 Å². The topological polar surface area (TPSA) is 41.6 Å². The molecule has 1 rings (SSSR count). The first-order valence-corrected chi connectivity index (χ1v) is 7.53. The molecule has 1 aliphatic heterocycles. The average Bonchev–Trinajstić information content (AvgIpc) is 2.72. The maximum atomic E-state index is 11.9. The molecular weight excluding hydrogens is 240 g/mol. The van der Waals surface area contributed by atoms with Gasteiger partial charge in [0.25, 0.3) is 0 Å². The molecule has 1 heterocycles. The van der Waals surface area contributed by atoms with Crippen LogP contribution in [-0.4, -0.2) is 47.7 Å². The maximum Gasteiger partial charge on any atom is 0.323 e. The Bertz CT molecular complexity index is 282. The van der Waals surface area contributed by atoms with Crippen LogP contribution in [0.3, 0.4) is 0 Å². The Labute approximate surface area is 117 Å². The van der Waals surface area contributed by atoms with Crippen molar-refractivity contribution in [2.75, 3.05) is 6.54 Å². The SMILES string of the molecule is CC(C)OC(=O)C1CCC(CN(C(C)C)C(C)C)N1. The summed E-state index contributed by atoms with van der Waals surface area (Å²) in [5.74, 6) is -0.0989. The van der Waals surface area contributed by atoms with Gasteiger partial charge in [0.05, 0.1) is 6.10 Å². The summed E-state index contributed by atoms with van der Waals surface area (Å²) in [6.07, 6.45) is 1.91. The van der Waals surface area contributed by atoms with Gasteiger partial charge in [-0.1, -0.05) is 0 Å². The number of ether oxygens (including phenoxy) is 1. The van der Waals surface area contributed by atoms with Crippen LogP contribution >= 0.6 is 0 Å². The van der Waals surface area contributed by atoms with E-state index in [9.17, 15) is 4.79 Å². The summed E-state index contributed by atoms with van der Waals surface area (Å²) in [6, 6.07) is 1.34. The fourth-order valence-corrected chi connectivity index (χ4v) is 2.74. The first-order valence-electron chi connectivity index (χ1n) is 7.53. The van der Waals surface area contributed by atoms with Gasteiger partial charge in [-0.05, 0) is 54.4 Å². The van der Waals surface area contributed by atoms with Crippen LogP contribution in [0, 0.1) is 0 Å². The Hall–Kier alpha value is -0.610. The largest absolute Gasteiger partial charge is 0.462 e. The fourth-order valence-electron chi connectivity index (χ4n) is 2.74. The number of esters is 1. The summed E-state index contributed by atoms with van der Waals surface area (Å²) < 4.78 is 5.27. The quantitative estimate of drug-likeness (QED) is 0.751. The van der Waals surface area contributed by atoms with Gasteiger partial charge in [0, 0.05) is 24.7 Å². The molecule has 2 unspecified atom stereocenters. The third kappa shape index (κ3) is 5.11. The molecule has 4 nitrogen and oxygen atoms in total. The molecule has 1 fully saturated rings. The molecule has 4 heteroatoms. The van der Waals surface area contributed by atoms with Gasteiger partial charge in [-0.3, -0.25) is 9.69 Å². The lowest BCUT2D eigenvalue weighted by atomic mass is 10.1. The van der Waals surface area contributed by atoms with Gasteiger partial charge >= 0.3 is 5.97 Å². The number of hydrogen-bond acceptors (Lipinski definition) is 4. The van der Waals surface area contributed by atoms with E-state index in [1.807, 2.05) is 13.8 Å². The number of carbonyl (C=O) groups is 1. The zero-order valence-corrected chi connectivity index (χ0v) is 13.3. The van der Waals surface area contributed by atoms with Crippen LogP contribution in [0.15, 0.2) is 0 Å². The maximum absolute atomic E-state index is 11.9. The van der Waals surface area contributed by atoms with Crippen molar-refractivity contribution in [3.05, 3.63) is 0 Å². The third-order valence-corrected chi connectivity index (χ3v) is 3.63. The summed E-state index contributed by atoms with van der Waals surface area (Å²) in [4.78, 5) is 14.3. The molecule has 0 spiro atoms. The Balaban J connectivity index is 2.45. The molecule has 1 N–H and O–H groups in total. The van der Waals surface area contributed by atoms with Gasteiger partial charge in [-0.25, -0.2) is 0 Å². The van der Waals surface area contributed by atoms with Crippen LogP contribution in [0.4, 0.5) is 0 Å². The van der Waals surface area contributed by atoms with E-state index >= 15 is 0 Å². The van der Waals surface area contributed by atoms with Crippen molar-refractivity contribution in [3.8, 4) is 0 Å². The summed E-state index contributed by atoms with van der Waals surface area (Å²) in [5.41, 5.74) is 0. The minimum Gasteiger partial charge on any atom is -0.462 e. The summed E-state index contributed by atoms with van der Waals surface area (Å²) >= 11 is 0. The zero-order valence-electron chi connectivity index (χ0n) is 13.3. The minimum atomic E-state index is -0.117. The van der Waals surface area contributed by atoms with Crippen LogP contribution in [0.1, 0.15) is 54.4 Å². The molecule has 0 aliphatic carbocycles. The predicted molar refractivity (Wildman–Crippen MR) is 78.2 cm³/mol. The Kier molecular flexibility index (Phi) is 6.27. The minimum absolute atomic E-state index is 0.0313. The molecule has 0 aromatic rings. The van der Waals surface area contributed by atoms with E-state index in [1.54, 1.807) is 0 Å². The lowest BCUT2D eigenvalue weighted by Crippen LogP contribution is -2.47. The lowest BCUT2D eigenvalue weighted by Gasteiger charge is -2.33. The summed E-state index contributed by atoms with van der Waals surface area (Å²) in [5, 5.41) is 3.42. The normalized spacial score (nSPS) is 23.9. The van der Waals surface area contributed by atoms with Crippen molar-refractivity contribution < 1.29 is 9.53 Å². The van der Waals surface area contributed by atoms with Gasteiger partial charge in [0.15, 0.2) is 0 Å². The highest BCUT2D eigenvalue weighted by Gasteiger charge is 2.32. The zero-order chi connectivity index (χ0) is 14.6. The number of rotatable bonds is 6. The van der Waals surface area contributed by atoms with E-state index in [2.05, 4.69) is 37.9 Å². The molecule has 0 radical (unpaired) electrons. The van der Waals surface area contributed by atoms with E-state index in [4.69, 9.17) is 4.74 Å². The Morgan fingerprint density at radius 2 is 1.74 bits per heavy atom. The van der Waals surface area contributed by atoms with Gasteiger partial charge in [-0.2, -0.15) is 0 Å². The van der Waals surface area contributed by atoms with E-state index in [0.717, 1.165) is 19.4 Å². The Morgan fingerprint density at radius 1 is 1.16 bits per heavy atom. The summed E-state index contributed by atoms with van der Waals surface area (Å²) in [7, 11) is 0. The van der Waals surface area contributed by atoms with Crippen molar-refractivity contribution in [1.82, 2.24) is 10.2 Å². The van der Waals surface area contributed by atoms with E-state index in [-0.39, 0.29) is 18.1 Å². The van der Waals surface area contributed by atoms with Crippen LogP contribution in [0.5, 0.6) is 0 Å². The molecule has 0 aromatic heterocycles. The molecule has 0 aromatic carbocycles. The van der Waals surface area contributed by atoms with E-state index in [0.29, 0.717) is 18.1 Å². The average molecular weight is 270 g/mol. The molecule has 0 bridgehead atoms. The summed E-state index contributed by atoms with van der Waals surface area (Å²) in [6.45, 7) is 13.7. The van der Waals surface area contributed by atoms with Gasteiger partial charge in [0.1, 0.15) is 6.04 Å². The number of carbonyl (C=O) groups excluding carboxylic acids is 1. The highest BCUT2D eigenvalue weighted by molar-refractivity contribution is 5.76. The molecular formula is C15H30N2O2. The molecule has 1 saturated heterocycles. The second-order valence-electron chi connectivity index (χ2n) is 6.36. The third-order valence-electron chi connectivity index (χ3n) is 3.63. The lowest BCUT2D eigenvalue weighted by molar-refractivity contribution is -0.149. The van der Waals surface area contributed by atoms with Gasteiger partial charge in [0.2, 0.25) is 0 Å². The van der Waals surface area contributed by atoms with E-state index in [1.165, 1.54) is 0 Å². The molecule has 2 atom stereocenters. The van der Waals surface area contributed by atoms with Crippen LogP contribution in [0.25, 0.3) is 0 Å². The number of nitrogens with one attached hydrogen (secondary N) is 1. The molecule has 19 heavy (non-hydrogen) atoms. The Morgan fingerprint density at radius 3 is 2.21 bits per heavy atom. The number of hydrogen-bond donors (Lipinski definition) is 1. The second-order valence-corrected chi connectivity index (χ2v) is 6.36. The molecule has 112 valence electrons. The number of nitrogens with zero attached hydrogens (tertiary/aromatic N) is 1. The fraction of sp³-hybridized carbons (Fsp3) is 0.933. The van der Waals surface area contributed by atoms with Crippen molar-refractivity contribution in [2.24, 2.45) is 0 Å². The van der Waals surface area contributed by atoms with Crippen LogP contribution in [-0.2, 0) is 9.53 Å². The van der Waals surface area contributed by atoms with Crippen molar-refractivity contribution in [2.45, 2.75) is 84.7 Å². The first-order chi connectivity index (χ1) is 8.81. The monoisotopic (exact) mass is 270 g/mol. The highest BCUT2D eigenvalue weighted by Crippen LogP contribution is 2.17. The van der Waals surface area contributed by atoms with Crippen molar-refractivity contribution >= 4 is 5.97 Å². The van der Waals surface area contributed by atoms with Crippen LogP contribution in [0.2, 0.25) is 0 Å². The van der Waals surface area contributed by atoms with Gasteiger partial charge in [-0.15, -0.1) is 0 Å².